The minimum Gasteiger partial charge on any atom is -0.497 e. The molecule has 0 spiro atoms. The van der Waals surface area contributed by atoms with Crippen LogP contribution < -0.4 is 4.74 Å². The molecule has 26 heavy (non-hydrogen) atoms. The lowest BCUT2D eigenvalue weighted by molar-refractivity contribution is 0.0594. The molecule has 2 unspecified atom stereocenters. The molecule has 0 aliphatic heterocycles. The number of aliphatic hydroxyl groups is 1. The number of rotatable bonds is 8. The summed E-state index contributed by atoms with van der Waals surface area (Å²) in [5.41, 5.74) is 0.958. The van der Waals surface area contributed by atoms with Gasteiger partial charge in [-0.15, -0.1) is 11.6 Å². The molecule has 142 valence electrons. The number of methoxy groups -OCH3 is 1. The fourth-order valence-electron chi connectivity index (χ4n) is 2.79. The van der Waals surface area contributed by atoms with Gasteiger partial charge < -0.3 is 9.84 Å². The Hall–Kier alpha value is -1.36. The van der Waals surface area contributed by atoms with E-state index in [4.69, 9.17) is 16.3 Å². The molecule has 0 heterocycles. The van der Waals surface area contributed by atoms with E-state index in [1.807, 2.05) is 55.5 Å². The zero-order valence-corrected chi connectivity index (χ0v) is 17.4. The van der Waals surface area contributed by atoms with Gasteiger partial charge in [0, 0.05) is 4.90 Å². The third-order valence-corrected chi connectivity index (χ3v) is 7.63. The molecule has 0 aliphatic carbocycles. The van der Waals surface area contributed by atoms with Crippen LogP contribution in [0.1, 0.15) is 37.8 Å². The first-order valence-electron chi connectivity index (χ1n) is 8.70. The smallest absolute Gasteiger partial charge is 0.152 e. The maximum atomic E-state index is 13.2. The molecule has 0 fully saturated rings. The first kappa shape index (κ1) is 20.9. The number of ether oxygens (including phenoxy) is 1. The molecule has 2 rings (SSSR count). The molecular formula is C21H27ClO3S. The Kier molecular flexibility index (Phi) is 6.89. The Morgan fingerprint density at radius 3 is 2.15 bits per heavy atom. The van der Waals surface area contributed by atoms with Crippen molar-refractivity contribution in [3.63, 3.8) is 0 Å². The normalized spacial score (nSPS) is 15.3. The highest BCUT2D eigenvalue weighted by Gasteiger charge is 2.47. The predicted octanol–water partition coefficient (Wildman–Crippen LogP) is 4.84. The van der Waals surface area contributed by atoms with E-state index in [1.165, 1.54) is 0 Å². The van der Waals surface area contributed by atoms with Crippen molar-refractivity contribution in [3.8, 4) is 5.75 Å². The summed E-state index contributed by atoms with van der Waals surface area (Å²) in [6.07, 6.45) is 1.95. The van der Waals surface area contributed by atoms with Crippen LogP contribution in [-0.2, 0) is 17.2 Å². The van der Waals surface area contributed by atoms with Crippen LogP contribution >= 0.6 is 11.6 Å². The highest BCUT2D eigenvalue weighted by Crippen LogP contribution is 2.40. The molecule has 0 saturated carbocycles. The standard InChI is InChI=1S/C21H27ClO3S/c1-16-7-13-19(14-8-16)26(24)21(22,20(2,3)23)15-5-6-17-9-11-18(25-4)12-10-17/h7-14,23H,5-6,15H2,1-4H3. The predicted molar refractivity (Wildman–Crippen MR) is 108 cm³/mol. The van der Waals surface area contributed by atoms with E-state index in [0.717, 1.165) is 29.7 Å². The van der Waals surface area contributed by atoms with E-state index < -0.39 is 20.6 Å². The molecule has 5 heteroatoms. The van der Waals surface area contributed by atoms with Crippen molar-refractivity contribution in [2.24, 2.45) is 0 Å². The number of alkyl halides is 1. The molecule has 2 atom stereocenters. The first-order valence-corrected chi connectivity index (χ1v) is 10.2. The number of halogens is 1. The van der Waals surface area contributed by atoms with Gasteiger partial charge in [0.1, 0.15) is 5.75 Å². The number of hydrogen-bond acceptors (Lipinski definition) is 3. The third-order valence-electron chi connectivity index (χ3n) is 4.57. The Labute approximate surface area is 163 Å². The largest absolute Gasteiger partial charge is 0.497 e. The quantitative estimate of drug-likeness (QED) is 0.651. The first-order chi connectivity index (χ1) is 12.2. The van der Waals surface area contributed by atoms with E-state index >= 15 is 0 Å². The average Bonchev–Trinajstić information content (AvgIpc) is 2.61. The lowest BCUT2D eigenvalue weighted by atomic mass is 9.97. The van der Waals surface area contributed by atoms with Crippen LogP contribution in [0.5, 0.6) is 5.75 Å². The van der Waals surface area contributed by atoms with Crippen LogP contribution in [0.3, 0.4) is 0 Å². The van der Waals surface area contributed by atoms with Crippen molar-refractivity contribution in [2.75, 3.05) is 7.11 Å². The molecule has 1 N–H and O–H groups in total. The van der Waals surface area contributed by atoms with E-state index in [1.54, 1.807) is 21.0 Å². The summed E-state index contributed by atoms with van der Waals surface area (Å²) in [5, 5.41) is 10.6. The van der Waals surface area contributed by atoms with Gasteiger partial charge in [-0.05, 0) is 69.9 Å². The van der Waals surface area contributed by atoms with Crippen molar-refractivity contribution in [1.29, 1.82) is 0 Å². The van der Waals surface area contributed by atoms with E-state index in [9.17, 15) is 9.32 Å². The molecule has 0 aromatic heterocycles. The molecule has 3 nitrogen and oxygen atoms in total. The molecule has 0 aliphatic rings. The monoisotopic (exact) mass is 394 g/mol. The van der Waals surface area contributed by atoms with Crippen molar-refractivity contribution in [2.45, 2.75) is 54.7 Å². The van der Waals surface area contributed by atoms with Crippen LogP contribution in [0.4, 0.5) is 0 Å². The van der Waals surface area contributed by atoms with E-state index in [-0.39, 0.29) is 0 Å². The summed E-state index contributed by atoms with van der Waals surface area (Å²) in [5.74, 6) is 0.817. The van der Waals surface area contributed by atoms with Gasteiger partial charge in [0.2, 0.25) is 0 Å². The molecular weight excluding hydrogens is 368 g/mol. The minimum absolute atomic E-state index is 0.435. The van der Waals surface area contributed by atoms with Gasteiger partial charge in [0.05, 0.1) is 23.5 Å². The Bertz CT molecular complexity index is 735. The van der Waals surface area contributed by atoms with Crippen molar-refractivity contribution in [3.05, 3.63) is 59.7 Å². The van der Waals surface area contributed by atoms with E-state index in [0.29, 0.717) is 11.3 Å². The second-order valence-electron chi connectivity index (χ2n) is 7.07. The Balaban J connectivity index is 2.12. The van der Waals surface area contributed by atoms with Gasteiger partial charge in [-0.2, -0.15) is 0 Å². The van der Waals surface area contributed by atoms with Gasteiger partial charge in [0.25, 0.3) is 0 Å². The van der Waals surface area contributed by atoms with Gasteiger partial charge in [-0.25, -0.2) is 0 Å². The Morgan fingerprint density at radius 2 is 1.65 bits per heavy atom. The van der Waals surface area contributed by atoms with Crippen molar-refractivity contribution < 1.29 is 14.1 Å². The van der Waals surface area contributed by atoms with Crippen LogP contribution in [0, 0.1) is 6.92 Å². The summed E-state index contributed by atoms with van der Waals surface area (Å²) in [4.78, 5) is 0.636. The second kappa shape index (κ2) is 8.55. The lowest BCUT2D eigenvalue weighted by Gasteiger charge is -2.37. The fraction of sp³-hybridized carbons (Fsp3) is 0.429. The van der Waals surface area contributed by atoms with Gasteiger partial charge in [0.15, 0.2) is 4.21 Å². The highest BCUT2D eigenvalue weighted by atomic mass is 35.5. The maximum absolute atomic E-state index is 13.2. The summed E-state index contributed by atoms with van der Waals surface area (Å²) in [7, 11) is 0.107. The molecule has 0 bridgehead atoms. The van der Waals surface area contributed by atoms with Crippen molar-refractivity contribution >= 4 is 22.4 Å². The average molecular weight is 395 g/mol. The third kappa shape index (κ3) is 4.87. The summed E-state index contributed by atoms with van der Waals surface area (Å²) in [6.45, 7) is 5.23. The van der Waals surface area contributed by atoms with Crippen LogP contribution in [-0.4, -0.2) is 26.2 Å². The zero-order chi connectivity index (χ0) is 19.4. The van der Waals surface area contributed by atoms with Gasteiger partial charge >= 0.3 is 0 Å². The van der Waals surface area contributed by atoms with Gasteiger partial charge in [-0.1, -0.05) is 29.8 Å². The molecule has 0 saturated heterocycles. The van der Waals surface area contributed by atoms with E-state index in [2.05, 4.69) is 0 Å². The molecule has 0 radical (unpaired) electrons. The zero-order valence-electron chi connectivity index (χ0n) is 15.8. The van der Waals surface area contributed by atoms with Crippen LogP contribution in [0.25, 0.3) is 0 Å². The van der Waals surface area contributed by atoms with Gasteiger partial charge in [-0.3, -0.25) is 4.21 Å². The summed E-state index contributed by atoms with van der Waals surface area (Å²) in [6, 6.07) is 15.3. The van der Waals surface area contributed by atoms with Crippen LogP contribution in [0.15, 0.2) is 53.4 Å². The van der Waals surface area contributed by atoms with Crippen molar-refractivity contribution in [1.82, 2.24) is 0 Å². The topological polar surface area (TPSA) is 46.5 Å². The lowest BCUT2D eigenvalue weighted by Crippen LogP contribution is -2.48. The molecule has 2 aromatic carbocycles. The molecule has 0 amide bonds. The SMILES string of the molecule is COc1ccc(CCCC(Cl)(S(=O)c2ccc(C)cc2)C(C)(C)O)cc1. The van der Waals surface area contributed by atoms with Crippen LogP contribution in [0.2, 0.25) is 0 Å². The Morgan fingerprint density at radius 1 is 1.08 bits per heavy atom. The fourth-order valence-corrected chi connectivity index (χ4v) is 4.73. The summed E-state index contributed by atoms with van der Waals surface area (Å²) >= 11 is 6.78. The number of benzene rings is 2. The summed E-state index contributed by atoms with van der Waals surface area (Å²) < 4.78 is 17.1. The molecule has 2 aromatic rings. The maximum Gasteiger partial charge on any atom is 0.152 e. The highest BCUT2D eigenvalue weighted by molar-refractivity contribution is 7.88. The second-order valence-corrected chi connectivity index (χ2v) is 9.65. The number of hydrogen-bond donors (Lipinski definition) is 1. The number of aryl methyl sites for hydroxylation is 2. The minimum atomic E-state index is -1.53.